The molecule has 6 aliphatic carbocycles. The predicted octanol–water partition coefficient (Wildman–Crippen LogP) is 17.1. The fourth-order valence-electron chi connectivity index (χ4n) is 15.0. The number of ketones is 1. The molecule has 6 aromatic rings. The summed E-state index contributed by atoms with van der Waals surface area (Å²) in [5, 5.41) is 30.0. The molecule has 0 atom stereocenters. The Morgan fingerprint density at radius 3 is 0.947 bits per heavy atom. The van der Waals surface area contributed by atoms with Gasteiger partial charge in [0.05, 0.1) is 43.5 Å². The minimum Gasteiger partial charge on any atom is -0.477 e. The number of ether oxygens (including phenoxy) is 2. The van der Waals surface area contributed by atoms with Gasteiger partial charge in [-0.3, -0.25) is 19.2 Å². The number of carboxylic acid groups (broad SMARTS) is 1. The topological polar surface area (TPSA) is 208 Å². The lowest BCUT2D eigenvalue weighted by atomic mass is 9.81. The average Bonchev–Trinajstić information content (AvgIpc) is 1.70. The molecule has 0 unspecified atom stereocenters. The summed E-state index contributed by atoms with van der Waals surface area (Å²) in [4.78, 5) is 101. The van der Waals surface area contributed by atoms with E-state index in [-0.39, 0.29) is 76.5 Å². The molecule has 0 bridgehead atoms. The summed E-state index contributed by atoms with van der Waals surface area (Å²) in [6.45, 7) is 6.72. The number of thiophene rings is 3. The van der Waals surface area contributed by atoms with Crippen molar-refractivity contribution in [3.8, 4) is 31.3 Å². The first-order valence-corrected chi connectivity index (χ1v) is 37.2. The molecular formula is C77H95N3O12S3. The van der Waals surface area contributed by atoms with E-state index in [1.54, 1.807) is 4.90 Å². The van der Waals surface area contributed by atoms with E-state index in [9.17, 15) is 48.9 Å². The maximum atomic E-state index is 13.9. The van der Waals surface area contributed by atoms with Gasteiger partial charge in [-0.05, 0) is 194 Å². The second-order valence-electron chi connectivity index (χ2n) is 27.6. The molecule has 3 amide bonds. The molecule has 95 heavy (non-hydrogen) atoms. The molecule has 0 spiro atoms. The van der Waals surface area contributed by atoms with Crippen LogP contribution in [-0.4, -0.2) is 101 Å². The molecular weight excluding hydrogens is 1260 g/mol. The van der Waals surface area contributed by atoms with Gasteiger partial charge in [0, 0.05) is 63.4 Å². The minimum absolute atomic E-state index is 0.00752. The first-order valence-electron chi connectivity index (χ1n) is 34.7. The van der Waals surface area contributed by atoms with Crippen molar-refractivity contribution in [3.05, 3.63) is 124 Å². The Balaban J connectivity index is 0.000000155. The van der Waals surface area contributed by atoms with Gasteiger partial charge in [-0.25, -0.2) is 14.4 Å². The summed E-state index contributed by atoms with van der Waals surface area (Å²) in [5.41, 5.74) is 4.83. The fraction of sp³-hybridized carbons (Fsp3) is 0.519. The van der Waals surface area contributed by atoms with Gasteiger partial charge in [0.15, 0.2) is 0 Å². The van der Waals surface area contributed by atoms with Gasteiger partial charge in [0.2, 0.25) is 17.7 Å². The van der Waals surface area contributed by atoms with Crippen molar-refractivity contribution in [1.29, 1.82) is 0 Å². The number of carbonyl (C=O) groups is 7. The third kappa shape index (κ3) is 17.7. The SMILES string of the molecule is CC1CCC(C(=O)N(c2cc(-c3ccccc3)sc2C(=O)O)C2CCC(O)CC2)CC1.COC(=O)c1sc(-c2ccccc2)cc1N(C(=O)C1CCC(C)CC1)C1CCC(=O)CC1.COC(=O)c1sc(-c2ccccc2)cc1N(C(=O)C1CCC(C)CC1)C1CCC(O)CC1. The number of aliphatic hydroxyl groups is 2. The van der Waals surface area contributed by atoms with Crippen LogP contribution >= 0.6 is 34.0 Å². The summed E-state index contributed by atoms with van der Waals surface area (Å²) in [6.07, 6.45) is 18.8. The largest absolute Gasteiger partial charge is 0.477 e. The number of anilines is 3. The number of benzene rings is 3. The zero-order valence-corrected chi connectivity index (χ0v) is 58.2. The van der Waals surface area contributed by atoms with Crippen LogP contribution in [-0.2, 0) is 28.7 Å². The second kappa shape index (κ2) is 33.4. The number of esters is 2. The Morgan fingerprint density at radius 1 is 0.389 bits per heavy atom. The Bertz CT molecular complexity index is 3540. The van der Waals surface area contributed by atoms with Crippen LogP contribution < -0.4 is 14.7 Å². The van der Waals surface area contributed by atoms with E-state index in [4.69, 9.17) is 9.47 Å². The number of methoxy groups -OCH3 is 2. The molecule has 15 nitrogen and oxygen atoms in total. The van der Waals surface area contributed by atoms with Gasteiger partial charge in [-0.1, -0.05) is 112 Å². The van der Waals surface area contributed by atoms with Crippen LogP contribution in [0, 0.1) is 35.5 Å². The molecule has 6 aliphatic rings. The van der Waals surface area contributed by atoms with Crippen LogP contribution in [0.15, 0.2) is 109 Å². The number of aromatic carboxylic acids is 1. The first-order chi connectivity index (χ1) is 45.9. The Morgan fingerprint density at radius 2 is 0.663 bits per heavy atom. The highest BCUT2D eigenvalue weighted by atomic mass is 32.1. The van der Waals surface area contributed by atoms with Gasteiger partial charge >= 0.3 is 17.9 Å². The van der Waals surface area contributed by atoms with Crippen molar-refractivity contribution in [1.82, 2.24) is 0 Å². The Kier molecular flexibility index (Phi) is 25.0. The molecule has 508 valence electrons. The highest BCUT2D eigenvalue weighted by molar-refractivity contribution is 7.18. The normalized spacial score (nSPS) is 24.7. The number of rotatable bonds is 15. The highest BCUT2D eigenvalue weighted by Crippen LogP contribution is 2.46. The van der Waals surface area contributed by atoms with Crippen LogP contribution in [0.2, 0.25) is 0 Å². The molecule has 3 heterocycles. The van der Waals surface area contributed by atoms with E-state index in [0.29, 0.717) is 109 Å². The lowest BCUT2D eigenvalue weighted by Gasteiger charge is -2.38. The number of carboxylic acids is 1. The third-order valence-electron chi connectivity index (χ3n) is 20.8. The smallest absolute Gasteiger partial charge is 0.350 e. The minimum atomic E-state index is -0.993. The van der Waals surface area contributed by atoms with Crippen molar-refractivity contribution < 1.29 is 58.4 Å². The second-order valence-corrected chi connectivity index (χ2v) is 30.7. The molecule has 12 rings (SSSR count). The lowest BCUT2D eigenvalue weighted by molar-refractivity contribution is -0.125. The summed E-state index contributed by atoms with van der Waals surface area (Å²) in [5.74, 6) is 0.576. The fourth-order valence-corrected chi connectivity index (χ4v) is 18.1. The summed E-state index contributed by atoms with van der Waals surface area (Å²) in [7, 11) is 2.77. The number of nitrogens with zero attached hydrogens (tertiary/aromatic N) is 3. The molecule has 3 aromatic carbocycles. The van der Waals surface area contributed by atoms with Crippen LogP contribution in [0.5, 0.6) is 0 Å². The van der Waals surface area contributed by atoms with Crippen LogP contribution in [0.3, 0.4) is 0 Å². The molecule has 0 aliphatic heterocycles. The number of amides is 3. The van der Waals surface area contributed by atoms with Crippen LogP contribution in [0.4, 0.5) is 17.1 Å². The number of hydrogen-bond donors (Lipinski definition) is 3. The number of aliphatic hydroxyl groups excluding tert-OH is 2. The quantitative estimate of drug-likeness (QED) is 0.0821. The zero-order valence-electron chi connectivity index (χ0n) is 55.8. The maximum absolute atomic E-state index is 13.9. The van der Waals surface area contributed by atoms with Gasteiger partial charge in [0.1, 0.15) is 20.4 Å². The van der Waals surface area contributed by atoms with Crippen molar-refractivity contribution >= 4 is 92.5 Å². The van der Waals surface area contributed by atoms with Gasteiger partial charge < -0.3 is 39.5 Å². The van der Waals surface area contributed by atoms with Crippen molar-refractivity contribution in [3.63, 3.8) is 0 Å². The molecule has 18 heteroatoms. The predicted molar refractivity (Wildman–Crippen MR) is 379 cm³/mol. The highest BCUT2D eigenvalue weighted by Gasteiger charge is 2.41. The Labute approximate surface area is 572 Å². The molecule has 6 fully saturated rings. The first kappa shape index (κ1) is 71.0. The van der Waals surface area contributed by atoms with E-state index >= 15 is 0 Å². The number of hydrogen-bond acceptors (Lipinski definition) is 14. The summed E-state index contributed by atoms with van der Waals surface area (Å²) < 4.78 is 10.2. The van der Waals surface area contributed by atoms with E-state index in [1.165, 1.54) is 48.2 Å². The zero-order chi connectivity index (χ0) is 67.3. The van der Waals surface area contributed by atoms with Gasteiger partial charge in [-0.15, -0.1) is 34.0 Å². The monoisotopic (exact) mass is 1350 g/mol. The number of Topliss-reactive ketones (excluding diaryl/α,β-unsaturated/α-hetero) is 1. The van der Waals surface area contributed by atoms with E-state index in [0.717, 1.165) is 121 Å². The van der Waals surface area contributed by atoms with Crippen molar-refractivity contribution in [2.24, 2.45) is 35.5 Å². The van der Waals surface area contributed by atoms with Crippen LogP contribution in [0.25, 0.3) is 31.3 Å². The number of carbonyl (C=O) groups excluding carboxylic acids is 6. The van der Waals surface area contributed by atoms with Crippen molar-refractivity contribution in [2.45, 2.75) is 205 Å². The van der Waals surface area contributed by atoms with Gasteiger partial charge in [0.25, 0.3) is 0 Å². The third-order valence-corrected chi connectivity index (χ3v) is 24.2. The van der Waals surface area contributed by atoms with E-state index in [2.05, 4.69) is 20.8 Å². The molecule has 6 saturated carbocycles. The molecule has 0 saturated heterocycles. The summed E-state index contributed by atoms with van der Waals surface area (Å²) in [6, 6.07) is 35.3. The summed E-state index contributed by atoms with van der Waals surface area (Å²) >= 11 is 3.99. The maximum Gasteiger partial charge on any atom is 0.350 e. The lowest BCUT2D eigenvalue weighted by Crippen LogP contribution is -2.47. The van der Waals surface area contributed by atoms with E-state index in [1.807, 2.05) is 119 Å². The van der Waals surface area contributed by atoms with Crippen LogP contribution in [0.1, 0.15) is 204 Å². The standard InChI is InChI=1S/C26H33NO4S.C26H31NO4S.C25H31NO4S/c2*1-17-8-10-19(11-9-17)25(29)27(20-12-14-21(28)15-13-20)22-16-23(18-6-4-3-5-7-18)32-24(22)26(30)31-2;1-16-7-9-18(10-8-16)24(28)26(19-11-13-20(27)14-12-19)21-15-22(31-23(21)25(29)30)17-5-3-2-4-6-17/h3-7,16-17,19-21,28H,8-15H2,1-2H3;3-7,16-17,19-20H,8-15H2,1-2H3;2-6,15-16,18-20,27H,7-14H2,1H3,(H,29,30). The van der Waals surface area contributed by atoms with Gasteiger partial charge in [-0.2, -0.15) is 0 Å². The van der Waals surface area contributed by atoms with E-state index < -0.39 is 17.9 Å². The Hall–Kier alpha value is -6.83. The molecule has 0 radical (unpaired) electrons. The average molecular weight is 1350 g/mol. The van der Waals surface area contributed by atoms with Crippen molar-refractivity contribution in [2.75, 3.05) is 28.9 Å². The molecule has 3 aromatic heterocycles. The molecule has 3 N–H and O–H groups in total.